The molecule has 330 valence electrons. The predicted molar refractivity (Wildman–Crippen MR) is 267 cm³/mol. The van der Waals surface area contributed by atoms with Gasteiger partial charge in [-0.05, 0) is 56.1 Å². The third-order valence-electron chi connectivity index (χ3n) is 7.92. The Morgan fingerprint density at radius 1 is 0.565 bits per heavy atom. The number of para-hydroxylation sites is 2. The summed E-state index contributed by atoms with van der Waals surface area (Å²) in [6, 6.07) is 26.7. The molecule has 0 radical (unpaired) electrons. The highest BCUT2D eigenvalue weighted by atomic mass is 79.9. The van der Waals surface area contributed by atoms with Crippen LogP contribution < -0.4 is 29.6 Å². The molecule has 2 unspecified atom stereocenters. The Morgan fingerprint density at radius 2 is 0.839 bits per heavy atom. The topological polar surface area (TPSA) is 130 Å². The number of methoxy groups -OCH3 is 4. The summed E-state index contributed by atoms with van der Waals surface area (Å²) in [6.45, 7) is 30.1. The molecule has 12 nitrogen and oxygen atoms in total. The van der Waals surface area contributed by atoms with Gasteiger partial charge in [0.15, 0.2) is 23.0 Å². The van der Waals surface area contributed by atoms with Gasteiger partial charge in [-0.1, -0.05) is 89.2 Å². The number of halogens is 1. The molecule has 62 heavy (non-hydrogen) atoms. The van der Waals surface area contributed by atoms with E-state index in [4.69, 9.17) is 32.1 Å². The molecule has 2 N–H and O–H groups in total. The number of pyridine rings is 2. The average Bonchev–Trinajstić information content (AvgIpc) is 3.33. The standard InChI is InChI=1S/2C18H15N3O2.2C3H8OP.2C2H6.CH3Br/c2*1-19-15-11-20-14-10-17(23-3)16(22-2)9-13(14)18(15)21-12-7-5-4-6-8-12;2*1-3-5(2)4;3*1-2/h2*4-11H,2-3H3,(H,20,21);2*3H2,1-2H3;2*1-2H3;1H3/q;;2*+1;;;. The van der Waals surface area contributed by atoms with Crippen LogP contribution in [0.1, 0.15) is 41.5 Å². The fourth-order valence-electron chi connectivity index (χ4n) is 4.78. The van der Waals surface area contributed by atoms with Gasteiger partial charge < -0.3 is 29.6 Å². The maximum atomic E-state index is 9.96. The van der Waals surface area contributed by atoms with Crippen molar-refractivity contribution in [3.8, 4) is 23.0 Å². The molecule has 0 aliphatic rings. The first-order chi connectivity index (χ1) is 30.1. The Bertz CT molecular complexity index is 2180. The Hall–Kier alpha value is -5.84. The van der Waals surface area contributed by atoms with Crippen molar-refractivity contribution in [1.29, 1.82) is 0 Å². The molecule has 15 heteroatoms. The van der Waals surface area contributed by atoms with Gasteiger partial charge in [-0.2, -0.15) is 0 Å². The molecule has 0 aliphatic heterocycles. The highest BCUT2D eigenvalue weighted by molar-refractivity contribution is 9.08. The number of anilines is 4. The molecule has 0 saturated carbocycles. The predicted octanol–water partition coefficient (Wildman–Crippen LogP) is 15.1. The second-order valence-electron chi connectivity index (χ2n) is 11.6. The summed E-state index contributed by atoms with van der Waals surface area (Å²) in [6.07, 6.45) is 4.75. The lowest BCUT2D eigenvalue weighted by Gasteiger charge is -2.14. The number of hydrogen-bond donors (Lipinski definition) is 2. The van der Waals surface area contributed by atoms with E-state index < -0.39 is 15.6 Å². The maximum Gasteiger partial charge on any atom is 0.335 e. The smallest absolute Gasteiger partial charge is 0.335 e. The third kappa shape index (κ3) is 18.0. The van der Waals surface area contributed by atoms with Crippen molar-refractivity contribution in [2.24, 2.45) is 0 Å². The van der Waals surface area contributed by atoms with Crippen LogP contribution in [0, 0.1) is 13.1 Å². The van der Waals surface area contributed by atoms with Gasteiger partial charge in [-0.25, -0.2) is 9.69 Å². The molecule has 0 spiro atoms. The number of hydrogen-bond acceptors (Lipinski definition) is 10. The summed E-state index contributed by atoms with van der Waals surface area (Å²) >= 11 is 2.94. The van der Waals surface area contributed by atoms with Gasteiger partial charge in [-0.3, -0.25) is 9.97 Å². The number of aromatic nitrogens is 2. The van der Waals surface area contributed by atoms with Gasteiger partial charge in [0.05, 0.1) is 64.0 Å². The number of benzene rings is 4. The second-order valence-corrected chi connectivity index (χ2v) is 15.4. The number of fused-ring (bicyclic) bond motifs is 2. The van der Waals surface area contributed by atoms with Crippen LogP contribution in [0.15, 0.2) is 97.3 Å². The number of ether oxygens (including phenoxy) is 4. The SMILES string of the molecule is CBr.CC.CC.CC[P+](C)=O.CC[P+](C)=O.[C-]#[N+]c1cnc2cc(OC)c(OC)cc2c1Nc1ccccc1.[C-]#[N+]c1cnc2cc(OC)c(OC)cc2c1Nc1ccccc1. The Labute approximate surface area is 379 Å². The first-order valence-electron chi connectivity index (χ1n) is 19.7. The molecule has 2 atom stereocenters. The number of nitrogens with one attached hydrogen (secondary N) is 2. The van der Waals surface area contributed by atoms with E-state index in [1.54, 1.807) is 66.3 Å². The van der Waals surface area contributed by atoms with Crippen LogP contribution in [0.2, 0.25) is 0 Å². The lowest BCUT2D eigenvalue weighted by atomic mass is 10.1. The third-order valence-corrected chi connectivity index (χ3v) is 9.71. The first-order valence-corrected chi connectivity index (χ1v) is 25.1. The van der Waals surface area contributed by atoms with Gasteiger partial charge in [-0.15, -0.1) is 0 Å². The quantitative estimate of drug-likeness (QED) is 0.0778. The van der Waals surface area contributed by atoms with Crippen molar-refractivity contribution >= 4 is 87.5 Å². The van der Waals surface area contributed by atoms with Gasteiger partial charge in [0.25, 0.3) is 0 Å². The Balaban J connectivity index is 0.000000898. The van der Waals surface area contributed by atoms with E-state index in [-0.39, 0.29) is 0 Å². The Morgan fingerprint density at radius 3 is 1.08 bits per heavy atom. The molecule has 0 amide bonds. The molecule has 0 bridgehead atoms. The average molecular weight is 948 g/mol. The second kappa shape index (κ2) is 32.9. The fraction of sp³-hybridized carbons (Fsp3) is 0.319. The molecule has 0 aliphatic carbocycles. The molecule has 0 fully saturated rings. The molecular weight excluding hydrogens is 886 g/mol. The maximum absolute atomic E-state index is 9.96. The molecule has 0 saturated heterocycles. The van der Waals surface area contributed by atoms with Gasteiger partial charge in [0, 0.05) is 46.7 Å². The minimum atomic E-state index is -0.848. The van der Waals surface area contributed by atoms with Crippen LogP contribution in [0.5, 0.6) is 23.0 Å². The normalized spacial score (nSPS) is 9.61. The largest absolute Gasteiger partial charge is 0.493 e. The fourth-order valence-corrected chi connectivity index (χ4v) is 4.78. The van der Waals surface area contributed by atoms with Gasteiger partial charge in [0.1, 0.15) is 25.7 Å². The lowest BCUT2D eigenvalue weighted by Crippen LogP contribution is -1.96. The zero-order valence-electron chi connectivity index (χ0n) is 38.2. The van der Waals surface area contributed by atoms with E-state index in [0.717, 1.165) is 45.5 Å². The van der Waals surface area contributed by atoms with Crippen molar-refractivity contribution in [1.82, 2.24) is 9.97 Å². The van der Waals surface area contributed by atoms with Crippen molar-refractivity contribution in [2.45, 2.75) is 41.5 Å². The summed E-state index contributed by atoms with van der Waals surface area (Å²) in [5.41, 5.74) is 5.58. The number of rotatable bonds is 10. The van der Waals surface area contributed by atoms with Crippen LogP contribution >= 0.6 is 31.5 Å². The van der Waals surface area contributed by atoms with Crippen LogP contribution in [0.4, 0.5) is 34.1 Å². The first kappa shape index (κ1) is 56.2. The molecule has 2 heterocycles. The zero-order valence-corrected chi connectivity index (χ0v) is 41.5. The molecule has 6 rings (SSSR count). The van der Waals surface area contributed by atoms with Crippen LogP contribution in [0.25, 0.3) is 31.5 Å². The Kier molecular flexibility index (Phi) is 29.8. The minimum Gasteiger partial charge on any atom is -0.493 e. The highest BCUT2D eigenvalue weighted by Gasteiger charge is 2.15. The van der Waals surface area contributed by atoms with Crippen molar-refractivity contribution in [2.75, 3.05) is 70.6 Å². The van der Waals surface area contributed by atoms with E-state index in [1.807, 2.05) is 120 Å². The van der Waals surface area contributed by atoms with E-state index in [9.17, 15) is 9.13 Å². The highest BCUT2D eigenvalue weighted by Crippen LogP contribution is 2.41. The summed E-state index contributed by atoms with van der Waals surface area (Å²) in [5.74, 6) is 4.22. The van der Waals surface area contributed by atoms with E-state index >= 15 is 0 Å². The van der Waals surface area contributed by atoms with Crippen LogP contribution in [0.3, 0.4) is 0 Å². The van der Waals surface area contributed by atoms with Crippen molar-refractivity contribution < 1.29 is 28.1 Å². The van der Waals surface area contributed by atoms with E-state index in [0.29, 0.717) is 45.7 Å². The molecule has 2 aromatic heterocycles. The monoisotopic (exact) mass is 946 g/mol. The van der Waals surface area contributed by atoms with Gasteiger partial charge in [0.2, 0.25) is 11.4 Å². The van der Waals surface area contributed by atoms with Crippen molar-refractivity contribution in [3.63, 3.8) is 0 Å². The minimum absolute atomic E-state index is 0.452. The van der Waals surface area contributed by atoms with E-state index in [1.165, 1.54) is 0 Å². The number of nitrogens with zero attached hydrogens (tertiary/aromatic N) is 4. The zero-order chi connectivity index (χ0) is 47.0. The summed E-state index contributed by atoms with van der Waals surface area (Å²) in [7, 11) is 4.64. The van der Waals surface area contributed by atoms with Crippen LogP contribution in [-0.2, 0) is 9.13 Å². The number of alkyl halides is 1. The lowest BCUT2D eigenvalue weighted by molar-refractivity contribution is 0.356. The molecule has 4 aromatic carbocycles. The molecule has 6 aromatic rings. The van der Waals surface area contributed by atoms with Gasteiger partial charge >= 0.3 is 15.6 Å². The van der Waals surface area contributed by atoms with Crippen LogP contribution in [-0.4, -0.2) is 69.9 Å². The summed E-state index contributed by atoms with van der Waals surface area (Å²) in [4.78, 5) is 15.8. The summed E-state index contributed by atoms with van der Waals surface area (Å²) < 4.78 is 41.3. The summed E-state index contributed by atoms with van der Waals surface area (Å²) in [5, 5.41) is 8.22. The molecular formula is C47H61BrN6O6P2+2. The van der Waals surface area contributed by atoms with Crippen molar-refractivity contribution in [3.05, 3.63) is 120 Å². The van der Waals surface area contributed by atoms with E-state index in [2.05, 4.69) is 46.2 Å².